The first-order chi connectivity index (χ1) is 8.61. The van der Waals surface area contributed by atoms with Crippen molar-refractivity contribution in [1.82, 2.24) is 5.32 Å². The van der Waals surface area contributed by atoms with Crippen molar-refractivity contribution in [1.29, 1.82) is 0 Å². The van der Waals surface area contributed by atoms with E-state index >= 15 is 0 Å². The molecule has 2 rings (SSSR count). The zero-order valence-corrected chi connectivity index (χ0v) is 11.3. The van der Waals surface area contributed by atoms with Crippen LogP contribution in [-0.4, -0.2) is 19.1 Å². The SMILES string of the molecule is COc1cccc2c1C[C@H](NC(=O)C(C)C)CC2. The largest absolute Gasteiger partial charge is 0.496 e. The minimum atomic E-state index is 0.0454. The third-order valence-corrected chi connectivity index (χ3v) is 3.53. The van der Waals surface area contributed by atoms with Crippen LogP contribution in [-0.2, 0) is 17.6 Å². The van der Waals surface area contributed by atoms with Crippen LogP contribution in [0.2, 0.25) is 0 Å². The molecule has 0 heterocycles. The van der Waals surface area contributed by atoms with Gasteiger partial charge >= 0.3 is 0 Å². The Balaban J connectivity index is 2.11. The molecule has 0 saturated heterocycles. The van der Waals surface area contributed by atoms with Crippen molar-refractivity contribution in [2.45, 2.75) is 39.2 Å². The summed E-state index contributed by atoms with van der Waals surface area (Å²) in [6.07, 6.45) is 2.89. The predicted molar refractivity (Wildman–Crippen MR) is 71.8 cm³/mol. The lowest BCUT2D eigenvalue weighted by Gasteiger charge is -2.27. The average molecular weight is 247 g/mol. The predicted octanol–water partition coefficient (Wildman–Crippen LogP) is 2.32. The van der Waals surface area contributed by atoms with Crippen molar-refractivity contribution in [2.24, 2.45) is 5.92 Å². The number of hydrogen-bond donors (Lipinski definition) is 1. The molecule has 0 unspecified atom stereocenters. The van der Waals surface area contributed by atoms with E-state index in [1.807, 2.05) is 26.0 Å². The molecular formula is C15H21NO2. The Morgan fingerprint density at radius 2 is 2.22 bits per heavy atom. The first-order valence-corrected chi connectivity index (χ1v) is 6.57. The summed E-state index contributed by atoms with van der Waals surface area (Å²) in [4.78, 5) is 11.7. The van der Waals surface area contributed by atoms with Crippen molar-refractivity contribution < 1.29 is 9.53 Å². The van der Waals surface area contributed by atoms with Crippen LogP contribution in [0.5, 0.6) is 5.75 Å². The summed E-state index contributed by atoms with van der Waals surface area (Å²) in [7, 11) is 1.70. The van der Waals surface area contributed by atoms with Gasteiger partial charge in [-0.15, -0.1) is 0 Å². The molecule has 3 heteroatoms. The third-order valence-electron chi connectivity index (χ3n) is 3.53. The standard InChI is InChI=1S/C15H21NO2/c1-10(2)15(17)16-12-8-7-11-5-4-6-14(18-3)13(11)9-12/h4-6,10,12H,7-9H2,1-3H3,(H,16,17)/t12-/m1/s1. The molecular weight excluding hydrogens is 226 g/mol. The second kappa shape index (κ2) is 5.42. The number of aryl methyl sites for hydroxylation is 1. The number of rotatable bonds is 3. The normalized spacial score (nSPS) is 18.3. The smallest absolute Gasteiger partial charge is 0.222 e. The van der Waals surface area contributed by atoms with Crippen molar-refractivity contribution in [2.75, 3.05) is 7.11 Å². The maximum Gasteiger partial charge on any atom is 0.222 e. The van der Waals surface area contributed by atoms with Gasteiger partial charge in [0.25, 0.3) is 0 Å². The van der Waals surface area contributed by atoms with Gasteiger partial charge in [-0.1, -0.05) is 26.0 Å². The summed E-state index contributed by atoms with van der Waals surface area (Å²) in [5, 5.41) is 3.12. The highest BCUT2D eigenvalue weighted by molar-refractivity contribution is 5.78. The summed E-state index contributed by atoms with van der Waals surface area (Å²) in [5.74, 6) is 1.12. The van der Waals surface area contributed by atoms with E-state index in [1.165, 1.54) is 11.1 Å². The van der Waals surface area contributed by atoms with E-state index in [0.717, 1.165) is 25.0 Å². The molecule has 0 bridgehead atoms. The highest BCUT2D eigenvalue weighted by Gasteiger charge is 2.23. The van der Waals surface area contributed by atoms with Gasteiger partial charge in [-0.25, -0.2) is 0 Å². The van der Waals surface area contributed by atoms with Gasteiger partial charge in [0, 0.05) is 12.0 Å². The molecule has 3 nitrogen and oxygen atoms in total. The number of methoxy groups -OCH3 is 1. The van der Waals surface area contributed by atoms with Crippen LogP contribution in [0.4, 0.5) is 0 Å². The molecule has 98 valence electrons. The molecule has 18 heavy (non-hydrogen) atoms. The number of hydrogen-bond acceptors (Lipinski definition) is 2. The quantitative estimate of drug-likeness (QED) is 0.890. The number of carbonyl (C=O) groups excluding carboxylic acids is 1. The number of fused-ring (bicyclic) bond motifs is 1. The minimum absolute atomic E-state index is 0.0454. The van der Waals surface area contributed by atoms with E-state index in [1.54, 1.807) is 7.11 Å². The molecule has 1 aromatic carbocycles. The lowest BCUT2D eigenvalue weighted by molar-refractivity contribution is -0.124. The second-order valence-electron chi connectivity index (χ2n) is 5.20. The fourth-order valence-electron chi connectivity index (χ4n) is 2.44. The Labute approximate surface area is 109 Å². The summed E-state index contributed by atoms with van der Waals surface area (Å²) in [5.41, 5.74) is 2.60. The maximum atomic E-state index is 11.7. The number of benzene rings is 1. The molecule has 0 spiro atoms. The van der Waals surface area contributed by atoms with E-state index in [4.69, 9.17) is 4.74 Å². The first-order valence-electron chi connectivity index (χ1n) is 6.57. The zero-order valence-electron chi connectivity index (χ0n) is 11.3. The Kier molecular flexibility index (Phi) is 3.90. The van der Waals surface area contributed by atoms with Crippen LogP contribution in [0, 0.1) is 5.92 Å². The lowest BCUT2D eigenvalue weighted by Crippen LogP contribution is -2.40. The Hall–Kier alpha value is -1.51. The maximum absolute atomic E-state index is 11.7. The lowest BCUT2D eigenvalue weighted by atomic mass is 9.87. The van der Waals surface area contributed by atoms with Crippen molar-refractivity contribution in [3.63, 3.8) is 0 Å². The monoisotopic (exact) mass is 247 g/mol. The topological polar surface area (TPSA) is 38.3 Å². The van der Waals surface area contributed by atoms with Crippen LogP contribution in [0.15, 0.2) is 18.2 Å². The Morgan fingerprint density at radius 1 is 1.44 bits per heavy atom. The molecule has 1 amide bonds. The number of ether oxygens (including phenoxy) is 1. The van der Waals surface area contributed by atoms with Gasteiger partial charge in [0.15, 0.2) is 0 Å². The summed E-state index contributed by atoms with van der Waals surface area (Å²) in [6, 6.07) is 6.41. The summed E-state index contributed by atoms with van der Waals surface area (Å²) in [6.45, 7) is 3.85. The molecule has 1 aliphatic carbocycles. The number of amides is 1. The molecule has 0 radical (unpaired) electrons. The van der Waals surface area contributed by atoms with Gasteiger partial charge in [-0.2, -0.15) is 0 Å². The van der Waals surface area contributed by atoms with Crippen LogP contribution in [0.1, 0.15) is 31.4 Å². The summed E-state index contributed by atoms with van der Waals surface area (Å²) < 4.78 is 5.40. The second-order valence-corrected chi connectivity index (χ2v) is 5.20. The van der Waals surface area contributed by atoms with Crippen LogP contribution in [0.3, 0.4) is 0 Å². The fourth-order valence-corrected chi connectivity index (χ4v) is 2.44. The van der Waals surface area contributed by atoms with Gasteiger partial charge in [0.05, 0.1) is 7.11 Å². The average Bonchev–Trinajstić information content (AvgIpc) is 2.37. The molecule has 1 aromatic rings. The molecule has 1 aliphatic rings. The van der Waals surface area contributed by atoms with Gasteiger partial charge < -0.3 is 10.1 Å². The van der Waals surface area contributed by atoms with Crippen molar-refractivity contribution in [3.05, 3.63) is 29.3 Å². The molecule has 0 saturated carbocycles. The highest BCUT2D eigenvalue weighted by Crippen LogP contribution is 2.29. The van der Waals surface area contributed by atoms with Gasteiger partial charge in [-0.05, 0) is 36.5 Å². The molecule has 0 fully saturated rings. The van der Waals surface area contributed by atoms with Crippen LogP contribution in [0.25, 0.3) is 0 Å². The van der Waals surface area contributed by atoms with E-state index < -0.39 is 0 Å². The Morgan fingerprint density at radius 3 is 2.89 bits per heavy atom. The van der Waals surface area contributed by atoms with Crippen LogP contribution < -0.4 is 10.1 Å². The molecule has 0 aliphatic heterocycles. The summed E-state index contributed by atoms with van der Waals surface area (Å²) >= 11 is 0. The van der Waals surface area contributed by atoms with Crippen molar-refractivity contribution >= 4 is 5.91 Å². The van der Waals surface area contributed by atoms with E-state index in [9.17, 15) is 4.79 Å². The van der Waals surface area contributed by atoms with Gasteiger partial charge in [0.2, 0.25) is 5.91 Å². The van der Waals surface area contributed by atoms with Crippen LogP contribution >= 0.6 is 0 Å². The van der Waals surface area contributed by atoms with Gasteiger partial charge in [0.1, 0.15) is 5.75 Å². The number of nitrogens with one attached hydrogen (secondary N) is 1. The molecule has 1 atom stereocenters. The highest BCUT2D eigenvalue weighted by atomic mass is 16.5. The minimum Gasteiger partial charge on any atom is -0.496 e. The Bertz CT molecular complexity index is 426. The first kappa shape index (κ1) is 12.9. The zero-order chi connectivity index (χ0) is 13.1. The van der Waals surface area contributed by atoms with Crippen molar-refractivity contribution in [3.8, 4) is 5.75 Å². The number of carbonyl (C=O) groups is 1. The van der Waals surface area contributed by atoms with E-state index in [-0.39, 0.29) is 17.9 Å². The molecule has 0 aromatic heterocycles. The fraction of sp³-hybridized carbons (Fsp3) is 0.533. The molecule has 1 N–H and O–H groups in total. The van der Waals surface area contributed by atoms with E-state index in [0.29, 0.717) is 0 Å². The van der Waals surface area contributed by atoms with Gasteiger partial charge in [-0.3, -0.25) is 4.79 Å². The third kappa shape index (κ3) is 2.66. The van der Waals surface area contributed by atoms with E-state index in [2.05, 4.69) is 11.4 Å².